The van der Waals surface area contributed by atoms with E-state index in [0.717, 1.165) is 21.5 Å². The van der Waals surface area contributed by atoms with E-state index in [4.69, 9.17) is 9.47 Å². The molecule has 0 atom stereocenters. The number of hydrogen-bond acceptors (Lipinski definition) is 3. The maximum atomic E-state index is 11.9. The largest absolute Gasteiger partial charge is 0.486 e. The number of benzene rings is 1. The van der Waals surface area contributed by atoms with Crippen LogP contribution in [-0.2, 0) is 6.54 Å². The number of hydrogen-bond donors (Lipinski definition) is 1. The van der Waals surface area contributed by atoms with Crippen LogP contribution in [-0.4, -0.2) is 26.4 Å². The Morgan fingerprint density at radius 3 is 2.94 bits per heavy atom. The second-order valence-electron chi connectivity index (χ2n) is 3.82. The molecular formula is C12H15BrFNO2. The molecule has 0 spiro atoms. The Bertz CT molecular complexity index is 387. The van der Waals surface area contributed by atoms with Crippen LogP contribution in [0.1, 0.15) is 12.0 Å². The van der Waals surface area contributed by atoms with Crippen LogP contribution in [0, 0.1) is 0 Å². The molecular weight excluding hydrogens is 289 g/mol. The Labute approximate surface area is 108 Å². The third-order valence-corrected chi connectivity index (χ3v) is 3.06. The van der Waals surface area contributed by atoms with Gasteiger partial charge in [-0.2, -0.15) is 0 Å². The van der Waals surface area contributed by atoms with Crippen molar-refractivity contribution < 1.29 is 13.9 Å². The molecule has 0 saturated carbocycles. The normalized spacial score (nSPS) is 13.8. The predicted octanol–water partition coefficient (Wildman–Crippen LogP) is 2.67. The van der Waals surface area contributed by atoms with E-state index in [9.17, 15) is 4.39 Å². The SMILES string of the molecule is FCCCNCc1cc(Br)c2c(c1)OCCO2. The third-order valence-electron chi connectivity index (χ3n) is 2.47. The standard InChI is InChI=1S/C12H15BrFNO2/c13-10-6-9(8-15-3-1-2-14)7-11-12(10)17-5-4-16-11/h6-7,15H,1-5,8H2. The molecule has 0 aromatic heterocycles. The fourth-order valence-corrected chi connectivity index (χ4v) is 2.29. The lowest BCUT2D eigenvalue weighted by Gasteiger charge is -2.20. The van der Waals surface area contributed by atoms with Crippen molar-refractivity contribution in [2.45, 2.75) is 13.0 Å². The van der Waals surface area contributed by atoms with Gasteiger partial charge in [-0.05, 0) is 46.6 Å². The van der Waals surface area contributed by atoms with E-state index in [1.54, 1.807) is 0 Å². The summed E-state index contributed by atoms with van der Waals surface area (Å²) in [5, 5.41) is 3.18. The van der Waals surface area contributed by atoms with Gasteiger partial charge in [0.25, 0.3) is 0 Å². The molecule has 94 valence electrons. The van der Waals surface area contributed by atoms with Gasteiger partial charge >= 0.3 is 0 Å². The molecule has 1 aliphatic rings. The Balaban J connectivity index is 2.01. The molecule has 5 heteroatoms. The lowest BCUT2D eigenvalue weighted by molar-refractivity contribution is 0.170. The summed E-state index contributed by atoms with van der Waals surface area (Å²) in [6.07, 6.45) is 0.547. The number of nitrogens with one attached hydrogen (secondary N) is 1. The summed E-state index contributed by atoms with van der Waals surface area (Å²) in [7, 11) is 0. The number of alkyl halides is 1. The Morgan fingerprint density at radius 1 is 1.29 bits per heavy atom. The summed E-state index contributed by atoms with van der Waals surface area (Å²) in [4.78, 5) is 0. The predicted molar refractivity (Wildman–Crippen MR) is 67.4 cm³/mol. The Kier molecular flexibility index (Phi) is 4.62. The summed E-state index contributed by atoms with van der Waals surface area (Å²) in [6, 6.07) is 3.96. The first-order valence-electron chi connectivity index (χ1n) is 5.66. The van der Waals surface area contributed by atoms with Crippen LogP contribution in [0.3, 0.4) is 0 Å². The zero-order chi connectivity index (χ0) is 12.1. The zero-order valence-corrected chi connectivity index (χ0v) is 11.1. The first kappa shape index (κ1) is 12.6. The van der Waals surface area contributed by atoms with E-state index in [2.05, 4.69) is 21.2 Å². The van der Waals surface area contributed by atoms with Gasteiger partial charge in [0.15, 0.2) is 11.5 Å². The van der Waals surface area contributed by atoms with Crippen molar-refractivity contribution in [1.82, 2.24) is 5.32 Å². The number of rotatable bonds is 5. The number of fused-ring (bicyclic) bond motifs is 1. The molecule has 1 N–H and O–H groups in total. The Morgan fingerprint density at radius 2 is 2.12 bits per heavy atom. The lowest BCUT2D eigenvalue weighted by atomic mass is 10.2. The molecule has 2 rings (SSSR count). The third kappa shape index (κ3) is 3.33. The van der Waals surface area contributed by atoms with Crippen LogP contribution in [0.15, 0.2) is 16.6 Å². The fraction of sp³-hybridized carbons (Fsp3) is 0.500. The first-order valence-corrected chi connectivity index (χ1v) is 6.45. The summed E-state index contributed by atoms with van der Waals surface area (Å²) in [5.74, 6) is 1.54. The van der Waals surface area contributed by atoms with Gasteiger partial charge in [-0.3, -0.25) is 4.39 Å². The van der Waals surface area contributed by atoms with Gasteiger partial charge in [0.2, 0.25) is 0 Å². The van der Waals surface area contributed by atoms with Gasteiger partial charge in [-0.15, -0.1) is 0 Å². The highest BCUT2D eigenvalue weighted by molar-refractivity contribution is 9.10. The van der Waals surface area contributed by atoms with E-state index in [-0.39, 0.29) is 6.67 Å². The average Bonchev–Trinajstić information content (AvgIpc) is 2.35. The minimum atomic E-state index is -0.280. The molecule has 1 aliphatic heterocycles. The molecule has 0 radical (unpaired) electrons. The molecule has 0 saturated heterocycles. The highest BCUT2D eigenvalue weighted by atomic mass is 79.9. The minimum absolute atomic E-state index is 0.280. The van der Waals surface area contributed by atoms with E-state index in [1.165, 1.54) is 0 Å². The van der Waals surface area contributed by atoms with Crippen LogP contribution in [0.2, 0.25) is 0 Å². The van der Waals surface area contributed by atoms with E-state index < -0.39 is 0 Å². The monoisotopic (exact) mass is 303 g/mol. The lowest BCUT2D eigenvalue weighted by Crippen LogP contribution is -2.18. The van der Waals surface area contributed by atoms with E-state index >= 15 is 0 Å². The molecule has 0 amide bonds. The molecule has 3 nitrogen and oxygen atoms in total. The molecule has 0 fully saturated rings. The van der Waals surface area contributed by atoms with Crippen LogP contribution in [0.5, 0.6) is 11.5 Å². The molecule has 1 heterocycles. The van der Waals surface area contributed by atoms with Crippen molar-refractivity contribution in [2.24, 2.45) is 0 Å². The van der Waals surface area contributed by atoms with Gasteiger partial charge in [-0.1, -0.05) is 0 Å². The molecule has 1 aromatic rings. The molecule has 17 heavy (non-hydrogen) atoms. The topological polar surface area (TPSA) is 30.5 Å². The Hall–Kier alpha value is -0.810. The average molecular weight is 304 g/mol. The summed E-state index contributed by atoms with van der Waals surface area (Å²) >= 11 is 3.46. The van der Waals surface area contributed by atoms with Crippen molar-refractivity contribution in [2.75, 3.05) is 26.4 Å². The van der Waals surface area contributed by atoms with Gasteiger partial charge in [0.1, 0.15) is 13.2 Å². The molecule has 0 aliphatic carbocycles. The minimum Gasteiger partial charge on any atom is -0.486 e. The molecule has 1 aromatic carbocycles. The number of halogens is 2. The van der Waals surface area contributed by atoms with Crippen molar-refractivity contribution in [3.05, 3.63) is 22.2 Å². The summed E-state index contributed by atoms with van der Waals surface area (Å²) in [5.41, 5.74) is 1.10. The van der Waals surface area contributed by atoms with Gasteiger partial charge in [0, 0.05) is 6.54 Å². The van der Waals surface area contributed by atoms with Gasteiger partial charge in [-0.25, -0.2) is 0 Å². The maximum Gasteiger partial charge on any atom is 0.175 e. The van der Waals surface area contributed by atoms with Crippen LogP contribution < -0.4 is 14.8 Å². The number of ether oxygens (including phenoxy) is 2. The first-order chi connectivity index (χ1) is 8.31. The quantitative estimate of drug-likeness (QED) is 0.848. The van der Waals surface area contributed by atoms with E-state index in [0.29, 0.717) is 32.7 Å². The van der Waals surface area contributed by atoms with Crippen molar-refractivity contribution in [3.63, 3.8) is 0 Å². The summed E-state index contributed by atoms with van der Waals surface area (Å²) in [6.45, 7) is 2.27. The van der Waals surface area contributed by atoms with Crippen LogP contribution in [0.4, 0.5) is 4.39 Å². The van der Waals surface area contributed by atoms with Crippen molar-refractivity contribution in [3.8, 4) is 11.5 Å². The highest BCUT2D eigenvalue weighted by Crippen LogP contribution is 2.38. The second kappa shape index (κ2) is 6.21. The van der Waals surface area contributed by atoms with Crippen molar-refractivity contribution in [1.29, 1.82) is 0 Å². The van der Waals surface area contributed by atoms with E-state index in [1.807, 2.05) is 12.1 Å². The molecule has 0 bridgehead atoms. The van der Waals surface area contributed by atoms with Gasteiger partial charge < -0.3 is 14.8 Å². The second-order valence-corrected chi connectivity index (χ2v) is 4.68. The van der Waals surface area contributed by atoms with Crippen LogP contribution >= 0.6 is 15.9 Å². The molecule has 0 unspecified atom stereocenters. The highest BCUT2D eigenvalue weighted by Gasteiger charge is 2.15. The maximum absolute atomic E-state index is 11.9. The van der Waals surface area contributed by atoms with Crippen LogP contribution in [0.25, 0.3) is 0 Å². The fourth-order valence-electron chi connectivity index (χ4n) is 1.69. The van der Waals surface area contributed by atoms with Gasteiger partial charge in [0.05, 0.1) is 11.1 Å². The summed E-state index contributed by atoms with van der Waals surface area (Å²) < 4.78 is 23.9. The zero-order valence-electron chi connectivity index (χ0n) is 9.47. The van der Waals surface area contributed by atoms with Crippen molar-refractivity contribution >= 4 is 15.9 Å². The smallest absolute Gasteiger partial charge is 0.175 e.